The number of carbonyl (C=O) groups is 2. The van der Waals surface area contributed by atoms with Crippen molar-refractivity contribution in [2.45, 2.75) is 44.8 Å². The quantitative estimate of drug-likeness (QED) is 0.909. The van der Waals surface area contributed by atoms with Gasteiger partial charge in [-0.2, -0.15) is 0 Å². The van der Waals surface area contributed by atoms with Crippen LogP contribution in [0.3, 0.4) is 0 Å². The molecule has 1 atom stereocenters. The summed E-state index contributed by atoms with van der Waals surface area (Å²) in [5.41, 5.74) is -1.37. The molecule has 21 heavy (non-hydrogen) atoms. The monoisotopic (exact) mass is 291 g/mol. The number of rotatable bonds is 2. The lowest BCUT2D eigenvalue weighted by molar-refractivity contribution is -0.150. The first-order valence-electron chi connectivity index (χ1n) is 7.07. The molecular weight excluding hydrogens is 270 g/mol. The van der Waals surface area contributed by atoms with Crippen LogP contribution in [0.25, 0.3) is 0 Å². The van der Waals surface area contributed by atoms with Crippen molar-refractivity contribution in [3.63, 3.8) is 0 Å². The van der Waals surface area contributed by atoms with E-state index in [4.69, 9.17) is 4.74 Å². The molecule has 0 saturated carbocycles. The predicted molar refractivity (Wildman–Crippen MR) is 77.9 cm³/mol. The SMILES string of the molecule is CC(C)(C)OC(=O)N1CCC[C@]1(C(=O)O)c1ccccc1. The molecule has 1 fully saturated rings. The summed E-state index contributed by atoms with van der Waals surface area (Å²) in [6.07, 6.45) is 0.456. The summed E-state index contributed by atoms with van der Waals surface area (Å²) in [5.74, 6) is -1.02. The van der Waals surface area contributed by atoms with Crippen LogP contribution in [-0.2, 0) is 15.1 Å². The van der Waals surface area contributed by atoms with Crippen LogP contribution in [0.5, 0.6) is 0 Å². The van der Waals surface area contributed by atoms with Gasteiger partial charge < -0.3 is 9.84 Å². The summed E-state index contributed by atoms with van der Waals surface area (Å²) in [4.78, 5) is 25.7. The average molecular weight is 291 g/mol. The Morgan fingerprint density at radius 1 is 1.24 bits per heavy atom. The van der Waals surface area contributed by atoms with E-state index in [0.29, 0.717) is 24.9 Å². The minimum absolute atomic E-state index is 0.385. The van der Waals surface area contributed by atoms with Gasteiger partial charge in [0.1, 0.15) is 5.60 Å². The molecule has 0 aromatic heterocycles. The Morgan fingerprint density at radius 3 is 2.38 bits per heavy atom. The maximum Gasteiger partial charge on any atom is 0.411 e. The molecule has 0 bridgehead atoms. The summed E-state index contributed by atoms with van der Waals surface area (Å²) in [7, 11) is 0. The van der Waals surface area contributed by atoms with Gasteiger partial charge in [-0.1, -0.05) is 30.3 Å². The third kappa shape index (κ3) is 2.86. The number of amides is 1. The minimum Gasteiger partial charge on any atom is -0.479 e. The van der Waals surface area contributed by atoms with Gasteiger partial charge >= 0.3 is 12.1 Å². The fourth-order valence-electron chi connectivity index (χ4n) is 2.74. The van der Waals surface area contributed by atoms with Crippen molar-refractivity contribution in [2.75, 3.05) is 6.54 Å². The highest BCUT2D eigenvalue weighted by molar-refractivity contribution is 5.86. The van der Waals surface area contributed by atoms with E-state index < -0.39 is 23.2 Å². The summed E-state index contributed by atoms with van der Waals surface area (Å²) in [5, 5.41) is 9.79. The van der Waals surface area contributed by atoms with Crippen molar-refractivity contribution >= 4 is 12.1 Å². The van der Waals surface area contributed by atoms with E-state index in [9.17, 15) is 14.7 Å². The van der Waals surface area contributed by atoms with E-state index in [0.717, 1.165) is 0 Å². The standard InChI is InChI=1S/C16H21NO4/c1-15(2,3)21-14(20)17-11-7-10-16(17,13(18)19)12-8-5-4-6-9-12/h4-6,8-9H,7,10-11H2,1-3H3,(H,18,19)/t16-/m1/s1. The van der Waals surface area contributed by atoms with Crippen molar-refractivity contribution in [1.82, 2.24) is 4.90 Å². The lowest BCUT2D eigenvalue weighted by Gasteiger charge is -2.36. The predicted octanol–water partition coefficient (Wildman–Crippen LogP) is 3.00. The number of ether oxygens (including phenoxy) is 1. The number of carbonyl (C=O) groups excluding carboxylic acids is 1. The molecule has 0 spiro atoms. The van der Waals surface area contributed by atoms with E-state index in [1.807, 2.05) is 6.07 Å². The molecule has 1 aromatic rings. The Labute approximate surface area is 124 Å². The van der Waals surface area contributed by atoms with Gasteiger partial charge in [-0.05, 0) is 39.2 Å². The topological polar surface area (TPSA) is 66.8 Å². The van der Waals surface area contributed by atoms with Crippen molar-refractivity contribution < 1.29 is 19.4 Å². The maximum atomic E-state index is 12.4. The van der Waals surface area contributed by atoms with Crippen LogP contribution >= 0.6 is 0 Å². The van der Waals surface area contributed by atoms with Crippen LogP contribution in [0.4, 0.5) is 4.79 Å². The lowest BCUT2D eigenvalue weighted by atomic mass is 9.87. The van der Waals surface area contributed by atoms with E-state index in [2.05, 4.69) is 0 Å². The first-order valence-corrected chi connectivity index (χ1v) is 7.07. The van der Waals surface area contributed by atoms with Crippen molar-refractivity contribution in [2.24, 2.45) is 0 Å². The van der Waals surface area contributed by atoms with Gasteiger partial charge in [-0.15, -0.1) is 0 Å². The van der Waals surface area contributed by atoms with Crippen LogP contribution < -0.4 is 0 Å². The van der Waals surface area contributed by atoms with Gasteiger partial charge in [0.05, 0.1) is 0 Å². The average Bonchev–Trinajstić information content (AvgIpc) is 2.83. The molecule has 5 heteroatoms. The van der Waals surface area contributed by atoms with Gasteiger partial charge in [0.2, 0.25) is 0 Å². The molecule has 0 radical (unpaired) electrons. The number of hydrogen-bond donors (Lipinski definition) is 1. The molecule has 0 aliphatic carbocycles. The van der Waals surface area contributed by atoms with Gasteiger partial charge in [-0.3, -0.25) is 4.90 Å². The number of carboxylic acid groups (broad SMARTS) is 1. The Kier molecular flexibility index (Phi) is 3.94. The van der Waals surface area contributed by atoms with Crippen LogP contribution in [0.2, 0.25) is 0 Å². The van der Waals surface area contributed by atoms with Gasteiger partial charge in [0.25, 0.3) is 0 Å². The number of carboxylic acids is 1. The first kappa shape index (κ1) is 15.4. The largest absolute Gasteiger partial charge is 0.479 e. The van der Waals surface area contributed by atoms with Gasteiger partial charge in [0, 0.05) is 6.54 Å². The van der Waals surface area contributed by atoms with Gasteiger partial charge in [0.15, 0.2) is 5.54 Å². The van der Waals surface area contributed by atoms with Crippen LogP contribution in [-0.4, -0.2) is 34.2 Å². The molecule has 5 nitrogen and oxygen atoms in total. The molecule has 1 aromatic carbocycles. The van der Waals surface area contributed by atoms with Crippen molar-refractivity contribution in [1.29, 1.82) is 0 Å². The zero-order valence-corrected chi connectivity index (χ0v) is 12.6. The van der Waals surface area contributed by atoms with Crippen molar-refractivity contribution in [3.05, 3.63) is 35.9 Å². The molecule has 114 valence electrons. The molecular formula is C16H21NO4. The molecule has 1 saturated heterocycles. The Bertz CT molecular complexity index is 535. The number of benzene rings is 1. The zero-order valence-electron chi connectivity index (χ0n) is 12.6. The molecule has 1 aliphatic rings. The Hall–Kier alpha value is -2.04. The number of hydrogen-bond acceptors (Lipinski definition) is 3. The van der Waals surface area contributed by atoms with E-state index in [1.165, 1.54) is 4.90 Å². The molecule has 0 unspecified atom stereocenters. The number of likely N-dealkylation sites (tertiary alicyclic amines) is 1. The fraction of sp³-hybridized carbons (Fsp3) is 0.500. The summed E-state index contributed by atoms with van der Waals surface area (Å²) < 4.78 is 5.37. The molecule has 1 aliphatic heterocycles. The highest BCUT2D eigenvalue weighted by Gasteiger charge is 2.52. The maximum absolute atomic E-state index is 12.4. The Morgan fingerprint density at radius 2 is 1.86 bits per heavy atom. The molecule has 1 amide bonds. The summed E-state index contributed by atoms with van der Waals surface area (Å²) in [6.45, 7) is 5.69. The highest BCUT2D eigenvalue weighted by atomic mass is 16.6. The van der Waals surface area contributed by atoms with E-state index in [1.54, 1.807) is 45.0 Å². The third-order valence-corrected chi connectivity index (χ3v) is 3.60. The number of aliphatic carboxylic acids is 1. The van der Waals surface area contributed by atoms with Gasteiger partial charge in [-0.25, -0.2) is 9.59 Å². The normalized spacial score (nSPS) is 22.1. The summed E-state index contributed by atoms with van der Waals surface area (Å²) in [6, 6.07) is 8.89. The minimum atomic E-state index is -1.33. The fourth-order valence-corrected chi connectivity index (χ4v) is 2.74. The summed E-state index contributed by atoms with van der Waals surface area (Å²) >= 11 is 0. The Balaban J connectivity index is 2.41. The van der Waals surface area contributed by atoms with E-state index in [-0.39, 0.29) is 0 Å². The van der Waals surface area contributed by atoms with Crippen LogP contribution in [0.15, 0.2) is 30.3 Å². The second-order valence-electron chi connectivity index (χ2n) is 6.27. The van der Waals surface area contributed by atoms with Crippen LogP contribution in [0, 0.1) is 0 Å². The first-order chi connectivity index (χ1) is 9.77. The second kappa shape index (κ2) is 5.39. The zero-order chi connectivity index (χ0) is 15.7. The molecule has 1 heterocycles. The van der Waals surface area contributed by atoms with Crippen LogP contribution in [0.1, 0.15) is 39.2 Å². The highest BCUT2D eigenvalue weighted by Crippen LogP contribution is 2.40. The smallest absolute Gasteiger partial charge is 0.411 e. The molecule has 1 N–H and O–H groups in total. The van der Waals surface area contributed by atoms with E-state index >= 15 is 0 Å². The molecule has 2 rings (SSSR count). The second-order valence-corrected chi connectivity index (χ2v) is 6.27. The lowest BCUT2D eigenvalue weighted by Crippen LogP contribution is -2.51. The third-order valence-electron chi connectivity index (χ3n) is 3.60. The number of nitrogens with zero attached hydrogens (tertiary/aromatic N) is 1. The van der Waals surface area contributed by atoms with Crippen molar-refractivity contribution in [3.8, 4) is 0 Å².